The Bertz CT molecular complexity index is 991. The van der Waals surface area contributed by atoms with E-state index in [0.29, 0.717) is 12.3 Å². The van der Waals surface area contributed by atoms with E-state index < -0.39 is 0 Å². The van der Waals surface area contributed by atoms with Gasteiger partial charge in [0.25, 0.3) is 0 Å². The van der Waals surface area contributed by atoms with Crippen LogP contribution in [0.3, 0.4) is 0 Å². The zero-order valence-electron chi connectivity index (χ0n) is 16.6. The molecule has 0 spiro atoms. The first-order valence-corrected chi connectivity index (χ1v) is 9.51. The molecule has 0 atom stereocenters. The monoisotopic (exact) mass is 371 g/mol. The zero-order chi connectivity index (χ0) is 19.9. The molecule has 0 aliphatic rings. The van der Waals surface area contributed by atoms with Gasteiger partial charge in [0.1, 0.15) is 5.75 Å². The largest absolute Gasteiger partial charge is 0.494 e. The lowest BCUT2D eigenvalue weighted by Gasteiger charge is -2.11. The minimum absolute atomic E-state index is 0.437. The second kappa shape index (κ2) is 9.09. The lowest BCUT2D eigenvalue weighted by Crippen LogP contribution is -2.05. The highest BCUT2D eigenvalue weighted by atomic mass is 16.5. The van der Waals surface area contributed by atoms with Gasteiger partial charge in [0, 0.05) is 28.6 Å². The van der Waals surface area contributed by atoms with E-state index in [4.69, 9.17) is 10.1 Å². The van der Waals surface area contributed by atoms with Gasteiger partial charge in [-0.25, -0.2) is 0 Å². The van der Waals surface area contributed by atoms with E-state index in [1.165, 1.54) is 0 Å². The second-order valence-electron chi connectivity index (χ2n) is 6.54. The standard InChI is InChI=1S/C24H25N3O/c1-4-15-28-20-11-9-18(10-12-20)23-16-19(13-14-26-23)24(25)21(5-2)22-8-6-7-17(3)27-22/h5-14,16,25H,4,15H2,1-3H3/b21-5-,25-24?. The number of pyridine rings is 2. The Labute approximate surface area is 166 Å². The van der Waals surface area contributed by atoms with Crippen LogP contribution in [0, 0.1) is 12.3 Å². The molecule has 1 N–H and O–H groups in total. The molecule has 1 aromatic carbocycles. The lowest BCUT2D eigenvalue weighted by atomic mass is 9.98. The predicted octanol–water partition coefficient (Wildman–Crippen LogP) is 5.71. The molecule has 0 saturated heterocycles. The summed E-state index contributed by atoms with van der Waals surface area (Å²) in [6, 6.07) is 17.6. The number of nitrogens with one attached hydrogen (secondary N) is 1. The first-order valence-electron chi connectivity index (χ1n) is 9.51. The van der Waals surface area contributed by atoms with E-state index >= 15 is 0 Å². The third kappa shape index (κ3) is 4.52. The van der Waals surface area contributed by atoms with Crippen LogP contribution in [-0.4, -0.2) is 22.3 Å². The fourth-order valence-corrected chi connectivity index (χ4v) is 2.95. The average molecular weight is 371 g/mol. The van der Waals surface area contributed by atoms with Crippen molar-refractivity contribution < 1.29 is 4.74 Å². The van der Waals surface area contributed by atoms with Gasteiger partial charge in [0.2, 0.25) is 0 Å². The Kier molecular flexibility index (Phi) is 6.33. The molecule has 28 heavy (non-hydrogen) atoms. The molecule has 4 heteroatoms. The van der Waals surface area contributed by atoms with Crippen molar-refractivity contribution in [2.24, 2.45) is 0 Å². The summed E-state index contributed by atoms with van der Waals surface area (Å²) in [5, 5.41) is 8.71. The van der Waals surface area contributed by atoms with Crippen molar-refractivity contribution >= 4 is 11.3 Å². The summed E-state index contributed by atoms with van der Waals surface area (Å²) in [6.07, 6.45) is 4.66. The molecule has 2 heterocycles. The molecule has 0 fully saturated rings. The number of ether oxygens (including phenoxy) is 1. The molecule has 0 unspecified atom stereocenters. The van der Waals surface area contributed by atoms with Crippen molar-refractivity contribution in [2.45, 2.75) is 27.2 Å². The summed E-state index contributed by atoms with van der Waals surface area (Å²) in [7, 11) is 0. The number of allylic oxidation sites excluding steroid dienone is 2. The Hall–Kier alpha value is -3.27. The number of hydrogen-bond acceptors (Lipinski definition) is 4. The normalized spacial score (nSPS) is 11.3. The number of aromatic nitrogens is 2. The van der Waals surface area contributed by atoms with Gasteiger partial charge in [-0.3, -0.25) is 15.4 Å². The highest BCUT2D eigenvalue weighted by Gasteiger charge is 2.12. The van der Waals surface area contributed by atoms with Crippen LogP contribution in [0.1, 0.15) is 37.2 Å². The summed E-state index contributed by atoms with van der Waals surface area (Å²) in [4.78, 5) is 9.05. The molecule has 3 rings (SSSR count). The summed E-state index contributed by atoms with van der Waals surface area (Å²) >= 11 is 0. The molecule has 0 aliphatic heterocycles. The quantitative estimate of drug-likeness (QED) is 0.541. The van der Waals surface area contributed by atoms with Gasteiger partial charge in [0.15, 0.2) is 0 Å². The minimum Gasteiger partial charge on any atom is -0.494 e. The van der Waals surface area contributed by atoms with E-state index in [1.807, 2.05) is 74.5 Å². The molecule has 3 aromatic rings. The second-order valence-corrected chi connectivity index (χ2v) is 6.54. The number of benzene rings is 1. The summed E-state index contributed by atoms with van der Waals surface area (Å²) in [5.74, 6) is 0.858. The minimum atomic E-state index is 0.437. The van der Waals surface area contributed by atoms with Crippen molar-refractivity contribution in [2.75, 3.05) is 6.61 Å². The van der Waals surface area contributed by atoms with Crippen molar-refractivity contribution in [3.05, 3.63) is 83.8 Å². The van der Waals surface area contributed by atoms with E-state index in [2.05, 4.69) is 16.9 Å². The first kappa shape index (κ1) is 19.5. The van der Waals surface area contributed by atoms with Gasteiger partial charge in [-0.05, 0) is 68.8 Å². The maximum atomic E-state index is 8.71. The summed E-state index contributed by atoms with van der Waals surface area (Å²) < 4.78 is 5.64. The fraction of sp³-hybridized carbons (Fsp3) is 0.208. The van der Waals surface area contributed by atoms with Crippen LogP contribution in [0.15, 0.2) is 66.9 Å². The third-order valence-corrected chi connectivity index (χ3v) is 4.39. The van der Waals surface area contributed by atoms with Gasteiger partial charge in [-0.2, -0.15) is 0 Å². The Morgan fingerprint density at radius 2 is 1.89 bits per heavy atom. The van der Waals surface area contributed by atoms with E-state index in [9.17, 15) is 0 Å². The van der Waals surface area contributed by atoms with Crippen LogP contribution in [0.4, 0.5) is 0 Å². The number of aryl methyl sites for hydroxylation is 1. The number of hydrogen-bond donors (Lipinski definition) is 1. The fourth-order valence-electron chi connectivity index (χ4n) is 2.95. The molecule has 0 saturated carbocycles. The summed E-state index contributed by atoms with van der Waals surface area (Å²) in [5.41, 5.74) is 5.63. The Morgan fingerprint density at radius 1 is 1.11 bits per heavy atom. The van der Waals surface area contributed by atoms with Gasteiger partial charge in [-0.15, -0.1) is 0 Å². The van der Waals surface area contributed by atoms with Gasteiger partial charge >= 0.3 is 0 Å². The van der Waals surface area contributed by atoms with Crippen LogP contribution in [0.2, 0.25) is 0 Å². The van der Waals surface area contributed by atoms with E-state index in [-0.39, 0.29) is 0 Å². The molecule has 0 aliphatic carbocycles. The highest BCUT2D eigenvalue weighted by Crippen LogP contribution is 2.24. The predicted molar refractivity (Wildman–Crippen MR) is 115 cm³/mol. The van der Waals surface area contributed by atoms with Crippen LogP contribution < -0.4 is 4.74 Å². The van der Waals surface area contributed by atoms with Gasteiger partial charge in [-0.1, -0.05) is 19.1 Å². The van der Waals surface area contributed by atoms with Crippen molar-refractivity contribution in [1.29, 1.82) is 5.41 Å². The average Bonchev–Trinajstić information content (AvgIpc) is 2.73. The van der Waals surface area contributed by atoms with E-state index in [1.54, 1.807) is 6.20 Å². The van der Waals surface area contributed by atoms with Crippen molar-refractivity contribution in [1.82, 2.24) is 9.97 Å². The Balaban J connectivity index is 1.87. The number of rotatable bonds is 7. The topological polar surface area (TPSA) is 58.9 Å². The SMILES string of the molecule is C/C=C(\C(=N)c1ccnc(-c2ccc(OCCC)cc2)c1)c1cccc(C)n1. The molecule has 2 aromatic heterocycles. The molecule has 142 valence electrons. The van der Waals surface area contributed by atoms with Gasteiger partial charge in [0.05, 0.1) is 23.7 Å². The molecular weight excluding hydrogens is 346 g/mol. The Morgan fingerprint density at radius 3 is 2.57 bits per heavy atom. The molecular formula is C24H25N3O. The molecule has 0 bridgehead atoms. The maximum Gasteiger partial charge on any atom is 0.119 e. The third-order valence-electron chi connectivity index (χ3n) is 4.39. The van der Waals surface area contributed by atoms with Crippen LogP contribution in [-0.2, 0) is 0 Å². The maximum absolute atomic E-state index is 8.71. The van der Waals surface area contributed by atoms with Crippen LogP contribution in [0.25, 0.3) is 16.8 Å². The van der Waals surface area contributed by atoms with Crippen LogP contribution in [0.5, 0.6) is 5.75 Å². The smallest absolute Gasteiger partial charge is 0.119 e. The van der Waals surface area contributed by atoms with Crippen molar-refractivity contribution in [3.8, 4) is 17.0 Å². The van der Waals surface area contributed by atoms with E-state index in [0.717, 1.165) is 46.0 Å². The summed E-state index contributed by atoms with van der Waals surface area (Å²) in [6.45, 7) is 6.69. The van der Waals surface area contributed by atoms with Gasteiger partial charge < -0.3 is 4.74 Å². The molecule has 0 amide bonds. The first-order chi connectivity index (χ1) is 13.6. The zero-order valence-corrected chi connectivity index (χ0v) is 16.6. The highest BCUT2D eigenvalue weighted by molar-refractivity contribution is 6.30. The molecule has 4 nitrogen and oxygen atoms in total. The van der Waals surface area contributed by atoms with Crippen LogP contribution >= 0.6 is 0 Å². The molecule has 0 radical (unpaired) electrons. The van der Waals surface area contributed by atoms with Crippen molar-refractivity contribution in [3.63, 3.8) is 0 Å². The number of nitrogens with zero attached hydrogens (tertiary/aromatic N) is 2. The lowest BCUT2D eigenvalue weighted by molar-refractivity contribution is 0.317.